The van der Waals surface area contributed by atoms with E-state index >= 15 is 0 Å². The summed E-state index contributed by atoms with van der Waals surface area (Å²) < 4.78 is 5.17. The molecule has 20 heavy (non-hydrogen) atoms. The fraction of sp³-hybridized carbons (Fsp3) is 0.500. The van der Waals surface area contributed by atoms with E-state index in [1.165, 1.54) is 0 Å². The molecule has 1 saturated heterocycles. The molecule has 0 aliphatic carbocycles. The second-order valence-corrected chi connectivity index (χ2v) is 5.57. The summed E-state index contributed by atoms with van der Waals surface area (Å²) in [6.07, 6.45) is 1.04. The minimum absolute atomic E-state index is 0.103. The lowest BCUT2D eigenvalue weighted by atomic mass is 9.87. The summed E-state index contributed by atoms with van der Waals surface area (Å²) in [6, 6.07) is 14.2. The molecule has 4 nitrogen and oxygen atoms in total. The first kappa shape index (κ1) is 16.0. The first-order chi connectivity index (χ1) is 9.44. The highest BCUT2D eigenvalue weighted by atomic mass is 16.6. The lowest BCUT2D eigenvalue weighted by molar-refractivity contribution is 0.0186. The van der Waals surface area contributed by atoms with Crippen molar-refractivity contribution in [2.75, 3.05) is 13.6 Å². The van der Waals surface area contributed by atoms with Crippen molar-refractivity contribution in [2.45, 2.75) is 32.8 Å². The van der Waals surface area contributed by atoms with Crippen LogP contribution in [0.5, 0.6) is 0 Å². The normalized spacial score (nSPS) is 18.4. The average molecular weight is 274 g/mol. The van der Waals surface area contributed by atoms with Gasteiger partial charge in [-0.05, 0) is 13.8 Å². The molecular weight excluding hydrogens is 252 g/mol. The second-order valence-electron chi connectivity index (χ2n) is 5.57. The molecular formula is C16H22N2O2. The van der Waals surface area contributed by atoms with Gasteiger partial charge in [-0.25, -0.2) is 4.79 Å². The van der Waals surface area contributed by atoms with E-state index in [0.29, 0.717) is 13.0 Å². The van der Waals surface area contributed by atoms with Crippen molar-refractivity contribution in [3.63, 3.8) is 0 Å². The van der Waals surface area contributed by atoms with Crippen LogP contribution in [0, 0.1) is 16.7 Å². The second kappa shape index (κ2) is 7.54. The lowest BCUT2D eigenvalue weighted by Crippen LogP contribution is -2.40. The Kier molecular flexibility index (Phi) is 6.05. The molecule has 1 fully saturated rings. The maximum atomic E-state index is 11.2. The molecule has 1 unspecified atom stereocenters. The van der Waals surface area contributed by atoms with Crippen LogP contribution in [0.2, 0.25) is 0 Å². The van der Waals surface area contributed by atoms with E-state index < -0.39 is 5.41 Å². The molecule has 0 saturated carbocycles. The van der Waals surface area contributed by atoms with Crippen molar-refractivity contribution in [3.05, 3.63) is 36.4 Å². The Morgan fingerprint density at radius 1 is 1.30 bits per heavy atom. The topological polar surface area (TPSA) is 53.3 Å². The van der Waals surface area contributed by atoms with E-state index in [0.717, 1.165) is 6.42 Å². The number of nitriles is 1. The molecule has 1 amide bonds. The van der Waals surface area contributed by atoms with Crippen molar-refractivity contribution in [1.29, 1.82) is 5.26 Å². The van der Waals surface area contributed by atoms with E-state index in [1.807, 2.05) is 50.2 Å². The van der Waals surface area contributed by atoms with Gasteiger partial charge in [0.15, 0.2) is 0 Å². The number of hydrogen-bond donors (Lipinski definition) is 0. The molecule has 1 heterocycles. The summed E-state index contributed by atoms with van der Waals surface area (Å²) in [6.45, 7) is 4.43. The van der Waals surface area contributed by atoms with Crippen LogP contribution in [0.1, 0.15) is 26.7 Å². The van der Waals surface area contributed by atoms with Gasteiger partial charge in [-0.3, -0.25) is 0 Å². The molecule has 1 aromatic rings. The van der Waals surface area contributed by atoms with Crippen LogP contribution in [0.15, 0.2) is 36.4 Å². The Hall–Kier alpha value is -2.02. The molecule has 1 aliphatic rings. The fourth-order valence-electron chi connectivity index (χ4n) is 1.86. The minimum Gasteiger partial charge on any atom is -0.446 e. The molecule has 0 radical (unpaired) electrons. The standard InChI is InChI=1S/C10H16N2O2.C6H6/c1-10(2,7-11)6-8-4-5-12(3)9(13)14-8;1-2-4-6-5-3-1/h8H,4-6H2,1-3H3;1-6H. The number of nitrogens with zero attached hydrogens (tertiary/aromatic N) is 2. The van der Waals surface area contributed by atoms with Crippen molar-refractivity contribution in [3.8, 4) is 6.07 Å². The summed E-state index contributed by atoms with van der Waals surface area (Å²) in [5.41, 5.74) is -0.416. The van der Waals surface area contributed by atoms with Gasteiger partial charge in [0, 0.05) is 26.4 Å². The monoisotopic (exact) mass is 274 g/mol. The van der Waals surface area contributed by atoms with Crippen LogP contribution in [0.25, 0.3) is 0 Å². The maximum Gasteiger partial charge on any atom is 0.409 e. The quantitative estimate of drug-likeness (QED) is 0.830. The lowest BCUT2D eigenvalue weighted by Gasteiger charge is -2.31. The van der Waals surface area contributed by atoms with Crippen LogP contribution < -0.4 is 0 Å². The first-order valence-electron chi connectivity index (χ1n) is 6.77. The Morgan fingerprint density at radius 3 is 2.20 bits per heavy atom. The van der Waals surface area contributed by atoms with Crippen LogP contribution in [-0.4, -0.2) is 30.7 Å². The molecule has 1 atom stereocenters. The van der Waals surface area contributed by atoms with Crippen LogP contribution in [-0.2, 0) is 4.74 Å². The highest BCUT2D eigenvalue weighted by molar-refractivity contribution is 5.68. The molecule has 1 aliphatic heterocycles. The molecule has 0 spiro atoms. The zero-order chi connectivity index (χ0) is 15.0. The Morgan fingerprint density at radius 2 is 1.80 bits per heavy atom. The maximum absolute atomic E-state index is 11.2. The third-order valence-corrected chi connectivity index (χ3v) is 3.07. The van der Waals surface area contributed by atoms with Crippen molar-refractivity contribution in [2.24, 2.45) is 5.41 Å². The van der Waals surface area contributed by atoms with Gasteiger partial charge in [-0.15, -0.1) is 0 Å². The van der Waals surface area contributed by atoms with Gasteiger partial charge in [0.05, 0.1) is 11.5 Å². The first-order valence-corrected chi connectivity index (χ1v) is 6.77. The van der Waals surface area contributed by atoms with Crippen LogP contribution in [0.3, 0.4) is 0 Å². The zero-order valence-corrected chi connectivity index (χ0v) is 12.4. The van der Waals surface area contributed by atoms with Crippen LogP contribution >= 0.6 is 0 Å². The van der Waals surface area contributed by atoms with E-state index in [1.54, 1.807) is 11.9 Å². The third kappa shape index (κ3) is 5.75. The highest BCUT2D eigenvalue weighted by Crippen LogP contribution is 2.26. The summed E-state index contributed by atoms with van der Waals surface area (Å²) >= 11 is 0. The summed E-state index contributed by atoms with van der Waals surface area (Å²) in [4.78, 5) is 12.8. The van der Waals surface area contributed by atoms with Crippen LogP contribution in [0.4, 0.5) is 4.79 Å². The highest BCUT2D eigenvalue weighted by Gasteiger charge is 2.30. The number of amides is 1. The fourth-order valence-corrected chi connectivity index (χ4v) is 1.86. The van der Waals surface area contributed by atoms with E-state index in [4.69, 9.17) is 10.00 Å². The predicted octanol–water partition coefficient (Wildman–Crippen LogP) is 3.45. The van der Waals surface area contributed by atoms with E-state index in [-0.39, 0.29) is 12.2 Å². The molecule has 0 aromatic heterocycles. The number of benzene rings is 1. The molecule has 2 rings (SSSR count). The van der Waals surface area contributed by atoms with Gasteiger partial charge < -0.3 is 9.64 Å². The van der Waals surface area contributed by atoms with Gasteiger partial charge in [0.25, 0.3) is 0 Å². The number of carbonyl (C=O) groups excluding carboxylic acids is 1. The summed E-state index contributed by atoms with van der Waals surface area (Å²) in [5, 5.41) is 8.84. The third-order valence-electron chi connectivity index (χ3n) is 3.07. The number of carbonyl (C=O) groups is 1. The molecule has 1 aromatic carbocycles. The summed E-state index contributed by atoms with van der Waals surface area (Å²) in [7, 11) is 1.72. The van der Waals surface area contributed by atoms with Gasteiger partial charge in [-0.1, -0.05) is 36.4 Å². The van der Waals surface area contributed by atoms with Crippen molar-refractivity contribution < 1.29 is 9.53 Å². The van der Waals surface area contributed by atoms with E-state index in [9.17, 15) is 4.79 Å². The SMILES string of the molecule is CN1CCC(CC(C)(C)C#N)OC1=O.c1ccccc1. The van der Waals surface area contributed by atoms with Gasteiger partial charge in [0.2, 0.25) is 0 Å². The largest absolute Gasteiger partial charge is 0.446 e. The Labute approximate surface area is 121 Å². The van der Waals surface area contributed by atoms with Gasteiger partial charge in [-0.2, -0.15) is 5.26 Å². The summed E-state index contributed by atoms with van der Waals surface area (Å²) in [5.74, 6) is 0. The zero-order valence-electron chi connectivity index (χ0n) is 12.4. The molecule has 4 heteroatoms. The molecule has 0 N–H and O–H groups in total. The predicted molar refractivity (Wildman–Crippen MR) is 78.0 cm³/mol. The van der Waals surface area contributed by atoms with Gasteiger partial charge in [0.1, 0.15) is 6.10 Å². The van der Waals surface area contributed by atoms with E-state index in [2.05, 4.69) is 6.07 Å². The number of rotatable bonds is 2. The Balaban J connectivity index is 0.000000276. The average Bonchev–Trinajstić information content (AvgIpc) is 2.45. The molecule has 0 bridgehead atoms. The molecule has 108 valence electrons. The number of cyclic esters (lactones) is 1. The van der Waals surface area contributed by atoms with Crippen molar-refractivity contribution in [1.82, 2.24) is 4.90 Å². The van der Waals surface area contributed by atoms with Gasteiger partial charge >= 0.3 is 6.09 Å². The number of hydrogen-bond acceptors (Lipinski definition) is 3. The number of ether oxygens (including phenoxy) is 1. The Bertz CT molecular complexity index is 425. The smallest absolute Gasteiger partial charge is 0.409 e. The minimum atomic E-state index is -0.416. The van der Waals surface area contributed by atoms with Crippen molar-refractivity contribution >= 4 is 6.09 Å².